The average molecular weight is 545 g/mol. The van der Waals surface area contributed by atoms with Crippen molar-refractivity contribution in [1.82, 2.24) is 19.8 Å². The Morgan fingerprint density at radius 2 is 1.82 bits per heavy atom. The molecule has 5 rings (SSSR count). The monoisotopic (exact) mass is 544 g/mol. The van der Waals surface area contributed by atoms with E-state index in [-0.39, 0.29) is 29.9 Å². The summed E-state index contributed by atoms with van der Waals surface area (Å²) < 4.78 is 55.4. The number of rotatable bonds is 6. The lowest BCUT2D eigenvalue weighted by atomic mass is 10.0. The first-order valence-electron chi connectivity index (χ1n) is 12.0. The highest BCUT2D eigenvalue weighted by atomic mass is 32.2. The van der Waals surface area contributed by atoms with Gasteiger partial charge in [-0.25, -0.2) is 17.2 Å². The van der Waals surface area contributed by atoms with Gasteiger partial charge in [-0.2, -0.15) is 9.40 Å². The zero-order valence-corrected chi connectivity index (χ0v) is 21.5. The molecular weight excluding hydrogens is 518 g/mol. The summed E-state index contributed by atoms with van der Waals surface area (Å²) >= 11 is 0. The molecule has 2 aliphatic heterocycles. The molecule has 1 aromatic heterocycles. The molecule has 2 amide bonds. The van der Waals surface area contributed by atoms with Crippen LogP contribution in [0.4, 0.5) is 20.3 Å². The Morgan fingerprint density at radius 1 is 1.11 bits per heavy atom. The Bertz CT molecular complexity index is 1510. The summed E-state index contributed by atoms with van der Waals surface area (Å²) in [5.74, 6) is -2.70. The highest BCUT2D eigenvalue weighted by Crippen LogP contribution is 2.44. The number of anilines is 2. The summed E-state index contributed by atoms with van der Waals surface area (Å²) in [5, 5.41) is 15.6. The molecule has 0 radical (unpaired) electrons. The maximum absolute atomic E-state index is 13.8. The lowest BCUT2D eigenvalue weighted by Gasteiger charge is -2.30. The van der Waals surface area contributed by atoms with Gasteiger partial charge in [0.25, 0.3) is 5.91 Å². The van der Waals surface area contributed by atoms with Crippen molar-refractivity contribution in [3.8, 4) is 0 Å². The summed E-state index contributed by atoms with van der Waals surface area (Å²) in [4.78, 5) is 25.3. The van der Waals surface area contributed by atoms with Crippen LogP contribution in [0.3, 0.4) is 0 Å². The zero-order valence-electron chi connectivity index (χ0n) is 20.6. The molecular formula is C25H26F2N6O4S. The van der Waals surface area contributed by atoms with Crippen LogP contribution >= 0.6 is 0 Å². The first-order valence-corrected chi connectivity index (χ1v) is 13.4. The van der Waals surface area contributed by atoms with Gasteiger partial charge >= 0.3 is 0 Å². The molecule has 38 heavy (non-hydrogen) atoms. The molecule has 3 aromatic rings. The van der Waals surface area contributed by atoms with Crippen LogP contribution in [0.25, 0.3) is 0 Å². The molecule has 10 nitrogen and oxygen atoms in total. The van der Waals surface area contributed by atoms with Gasteiger partial charge in [0, 0.05) is 18.2 Å². The maximum atomic E-state index is 13.8. The van der Waals surface area contributed by atoms with Gasteiger partial charge in [-0.1, -0.05) is 12.1 Å². The summed E-state index contributed by atoms with van der Waals surface area (Å²) in [6.45, 7) is 3.80. The fourth-order valence-electron chi connectivity index (χ4n) is 4.88. The van der Waals surface area contributed by atoms with Gasteiger partial charge in [0.15, 0.2) is 5.82 Å². The van der Waals surface area contributed by atoms with Crippen molar-refractivity contribution in [2.45, 2.75) is 49.7 Å². The SMILES string of the molecule is CC1(C)c2[nH]nc(NC(=O)c3ccccc3NC(=O)[C@@H]3CCCN3)c2CN1S(=O)(=O)c1cc(F)cc(F)c1. The highest BCUT2D eigenvalue weighted by molar-refractivity contribution is 7.89. The number of fused-ring (bicyclic) bond motifs is 1. The molecule has 13 heteroatoms. The van der Waals surface area contributed by atoms with E-state index in [0.29, 0.717) is 29.4 Å². The van der Waals surface area contributed by atoms with Gasteiger partial charge in [0.05, 0.1) is 33.4 Å². The number of benzene rings is 2. The van der Waals surface area contributed by atoms with Crippen molar-refractivity contribution < 1.29 is 26.8 Å². The van der Waals surface area contributed by atoms with Gasteiger partial charge in [-0.15, -0.1) is 0 Å². The van der Waals surface area contributed by atoms with E-state index in [1.807, 2.05) is 0 Å². The van der Waals surface area contributed by atoms with E-state index < -0.39 is 38.0 Å². The second-order valence-corrected chi connectivity index (χ2v) is 11.6. The maximum Gasteiger partial charge on any atom is 0.258 e. The Hall–Kier alpha value is -3.68. The third-order valence-corrected chi connectivity index (χ3v) is 8.86. The molecule has 2 aliphatic rings. The summed E-state index contributed by atoms with van der Waals surface area (Å²) in [6, 6.07) is 8.31. The van der Waals surface area contributed by atoms with Crippen LogP contribution in [0.5, 0.6) is 0 Å². The standard InChI is InChI=1S/C25H26F2N6O4S/c1-25(2)21-18(13-33(25)38(36,37)16-11-14(26)10-15(27)12-16)22(32-31-21)30-23(34)17-6-3-4-7-19(17)29-24(35)20-8-5-9-28-20/h3-4,6-7,10-12,20,28H,5,8-9,13H2,1-2H3,(H,29,35)(H2,30,31,32,34)/t20-/m0/s1. The smallest absolute Gasteiger partial charge is 0.258 e. The Morgan fingerprint density at radius 3 is 2.50 bits per heavy atom. The number of nitrogens with one attached hydrogen (secondary N) is 4. The van der Waals surface area contributed by atoms with Crippen molar-refractivity contribution in [2.24, 2.45) is 0 Å². The summed E-state index contributed by atoms with van der Waals surface area (Å²) in [6.07, 6.45) is 1.60. The number of amides is 2. The van der Waals surface area contributed by atoms with Crippen LogP contribution in [0, 0.1) is 11.6 Å². The lowest BCUT2D eigenvalue weighted by molar-refractivity contribution is -0.117. The van der Waals surface area contributed by atoms with Crippen LogP contribution in [0.2, 0.25) is 0 Å². The predicted octanol–water partition coefficient (Wildman–Crippen LogP) is 3.07. The number of hydrogen-bond acceptors (Lipinski definition) is 6. The number of carbonyl (C=O) groups excluding carboxylic acids is 2. The molecule has 200 valence electrons. The minimum Gasteiger partial charge on any atom is -0.324 e. The molecule has 0 aliphatic carbocycles. The number of carbonyl (C=O) groups is 2. The van der Waals surface area contributed by atoms with Crippen molar-refractivity contribution in [3.63, 3.8) is 0 Å². The largest absolute Gasteiger partial charge is 0.324 e. The first-order chi connectivity index (χ1) is 18.0. The first kappa shape index (κ1) is 25.9. The van der Waals surface area contributed by atoms with Crippen LogP contribution in [-0.2, 0) is 26.9 Å². The van der Waals surface area contributed by atoms with E-state index in [4.69, 9.17) is 0 Å². The number of aromatic nitrogens is 2. The number of H-pyrrole nitrogens is 1. The average Bonchev–Trinajstić information content (AvgIpc) is 3.58. The molecule has 3 heterocycles. The quantitative estimate of drug-likeness (QED) is 0.377. The van der Waals surface area contributed by atoms with Crippen molar-refractivity contribution in [1.29, 1.82) is 0 Å². The molecule has 1 saturated heterocycles. The fraction of sp³-hybridized carbons (Fsp3) is 0.320. The van der Waals surface area contributed by atoms with E-state index >= 15 is 0 Å². The minimum absolute atomic E-state index is 0.111. The van der Waals surface area contributed by atoms with E-state index in [9.17, 15) is 26.8 Å². The van der Waals surface area contributed by atoms with Crippen molar-refractivity contribution in [3.05, 3.63) is 70.9 Å². The van der Waals surface area contributed by atoms with E-state index in [0.717, 1.165) is 29.4 Å². The number of halogens is 2. The topological polar surface area (TPSA) is 136 Å². The molecule has 0 unspecified atom stereocenters. The predicted molar refractivity (Wildman–Crippen MR) is 135 cm³/mol. The summed E-state index contributed by atoms with van der Waals surface area (Å²) in [7, 11) is -4.32. The van der Waals surface area contributed by atoms with Gasteiger partial charge in [-0.05, 0) is 57.5 Å². The molecule has 0 spiro atoms. The Labute approximate surface area is 217 Å². The van der Waals surface area contributed by atoms with Gasteiger partial charge < -0.3 is 16.0 Å². The van der Waals surface area contributed by atoms with Crippen molar-refractivity contribution >= 4 is 33.3 Å². The van der Waals surface area contributed by atoms with Gasteiger partial charge in [-0.3, -0.25) is 14.7 Å². The Balaban J connectivity index is 1.39. The second kappa shape index (κ2) is 9.57. The van der Waals surface area contributed by atoms with Crippen molar-refractivity contribution in [2.75, 3.05) is 17.2 Å². The van der Waals surface area contributed by atoms with Crippen LogP contribution in [0.15, 0.2) is 47.4 Å². The van der Waals surface area contributed by atoms with E-state index in [2.05, 4.69) is 26.1 Å². The second-order valence-electron chi connectivity index (χ2n) is 9.74. The number of nitrogens with zero attached hydrogens (tertiary/aromatic N) is 2. The highest BCUT2D eigenvalue weighted by Gasteiger charge is 2.48. The zero-order chi connectivity index (χ0) is 27.2. The number of para-hydroxylation sites is 1. The summed E-state index contributed by atoms with van der Waals surface area (Å²) in [5.41, 5.74) is 0.219. The molecule has 0 saturated carbocycles. The Kier molecular flexibility index (Phi) is 6.53. The molecule has 1 atom stereocenters. The van der Waals surface area contributed by atoms with E-state index in [1.54, 1.807) is 38.1 Å². The minimum atomic E-state index is -4.32. The molecule has 0 bridgehead atoms. The van der Waals surface area contributed by atoms with Crippen LogP contribution in [-0.4, -0.2) is 47.3 Å². The third kappa shape index (κ3) is 4.57. The fourth-order valence-corrected chi connectivity index (χ4v) is 6.65. The molecule has 2 aromatic carbocycles. The molecule has 1 fully saturated rings. The van der Waals surface area contributed by atoms with Crippen LogP contribution in [0.1, 0.15) is 48.3 Å². The molecule has 4 N–H and O–H groups in total. The normalized spacial score (nSPS) is 18.8. The number of aromatic amines is 1. The van der Waals surface area contributed by atoms with Crippen LogP contribution < -0.4 is 16.0 Å². The van der Waals surface area contributed by atoms with Gasteiger partial charge in [0.2, 0.25) is 15.9 Å². The number of hydrogen-bond donors (Lipinski definition) is 4. The van der Waals surface area contributed by atoms with Gasteiger partial charge in [0.1, 0.15) is 11.6 Å². The lowest BCUT2D eigenvalue weighted by Crippen LogP contribution is -2.40. The number of sulfonamides is 1. The van der Waals surface area contributed by atoms with E-state index in [1.165, 1.54) is 0 Å². The third-order valence-electron chi connectivity index (χ3n) is 6.87.